The first-order valence-electron chi connectivity index (χ1n) is 9.83. The summed E-state index contributed by atoms with van der Waals surface area (Å²) in [6, 6.07) is 8.16. The van der Waals surface area contributed by atoms with Crippen molar-refractivity contribution in [3.05, 3.63) is 46.0 Å². The van der Waals surface area contributed by atoms with Crippen LogP contribution in [0, 0.1) is 20.8 Å². The Morgan fingerprint density at radius 1 is 1.17 bits per heavy atom. The van der Waals surface area contributed by atoms with E-state index in [4.69, 9.17) is 9.72 Å². The summed E-state index contributed by atoms with van der Waals surface area (Å²) in [5, 5.41) is 4.87. The molecule has 1 aromatic carbocycles. The minimum absolute atomic E-state index is 0.156. The summed E-state index contributed by atoms with van der Waals surface area (Å²) in [7, 11) is 0. The molecule has 0 aliphatic rings. The fourth-order valence-electron chi connectivity index (χ4n) is 3.08. The van der Waals surface area contributed by atoms with Crippen molar-refractivity contribution in [1.29, 1.82) is 0 Å². The average Bonchev–Trinajstić information content (AvgIpc) is 3.07. The van der Waals surface area contributed by atoms with Crippen LogP contribution in [-0.4, -0.2) is 33.7 Å². The van der Waals surface area contributed by atoms with Crippen molar-refractivity contribution in [2.24, 2.45) is 0 Å². The first-order valence-corrected chi connectivity index (χ1v) is 11.5. The summed E-state index contributed by atoms with van der Waals surface area (Å²) < 4.78 is 5.04. The van der Waals surface area contributed by atoms with Gasteiger partial charge in [0.15, 0.2) is 5.13 Å². The van der Waals surface area contributed by atoms with Crippen molar-refractivity contribution in [2.75, 3.05) is 11.9 Å². The fourth-order valence-corrected chi connectivity index (χ4v) is 4.96. The van der Waals surface area contributed by atoms with Crippen LogP contribution in [0.15, 0.2) is 29.3 Å². The number of carbonyl (C=O) groups excluding carboxylic acids is 2. The first-order chi connectivity index (χ1) is 14.3. The van der Waals surface area contributed by atoms with Crippen molar-refractivity contribution in [1.82, 2.24) is 9.97 Å². The Bertz CT molecular complexity index is 1090. The van der Waals surface area contributed by atoms with E-state index in [0.717, 1.165) is 38.4 Å². The van der Waals surface area contributed by atoms with E-state index in [-0.39, 0.29) is 11.2 Å². The lowest BCUT2D eigenvalue weighted by Crippen LogP contribution is -2.24. The minimum atomic E-state index is -0.416. The zero-order chi connectivity index (χ0) is 21.8. The third-order valence-corrected chi connectivity index (χ3v) is 6.97. The zero-order valence-electron chi connectivity index (χ0n) is 17.7. The molecule has 0 aliphatic carbocycles. The molecule has 6 nitrogen and oxygen atoms in total. The normalized spacial score (nSPS) is 12.0. The van der Waals surface area contributed by atoms with Gasteiger partial charge in [0.05, 0.1) is 28.1 Å². The smallest absolute Gasteiger partial charge is 0.350 e. The maximum atomic E-state index is 12.9. The van der Waals surface area contributed by atoms with Crippen molar-refractivity contribution in [3.8, 4) is 0 Å². The average molecular weight is 444 g/mol. The van der Waals surface area contributed by atoms with Crippen molar-refractivity contribution >= 4 is 51.0 Å². The third kappa shape index (κ3) is 4.82. The Labute approximate surface area is 184 Å². The number of nitrogens with one attached hydrogen (secondary N) is 1. The predicted octanol–water partition coefficient (Wildman–Crippen LogP) is 5.30. The molecule has 0 fully saturated rings. The fraction of sp³-hybridized carbons (Fsp3) is 0.364. The van der Waals surface area contributed by atoms with E-state index < -0.39 is 5.97 Å². The highest BCUT2D eigenvalue weighted by atomic mass is 32.2. The van der Waals surface area contributed by atoms with E-state index in [1.807, 2.05) is 32.0 Å². The number of amides is 1. The largest absolute Gasteiger partial charge is 0.462 e. The molecule has 2 heterocycles. The van der Waals surface area contributed by atoms with Gasteiger partial charge in [-0.05, 0) is 51.3 Å². The number of thioether (sulfide) groups is 1. The number of esters is 1. The molecule has 0 saturated heterocycles. The number of hydrogen-bond acceptors (Lipinski definition) is 7. The number of ether oxygens (including phenoxy) is 1. The van der Waals surface area contributed by atoms with Gasteiger partial charge in [0.2, 0.25) is 5.91 Å². The minimum Gasteiger partial charge on any atom is -0.462 e. The molecule has 0 saturated carbocycles. The number of anilines is 1. The molecule has 0 spiro atoms. The molecule has 3 rings (SSSR count). The number of para-hydroxylation sites is 1. The summed E-state index contributed by atoms with van der Waals surface area (Å²) in [5.41, 5.74) is 3.76. The number of aromatic nitrogens is 2. The van der Waals surface area contributed by atoms with Gasteiger partial charge >= 0.3 is 5.97 Å². The maximum absolute atomic E-state index is 12.9. The van der Waals surface area contributed by atoms with Gasteiger partial charge in [-0.25, -0.2) is 14.8 Å². The molecule has 2 aromatic heterocycles. The molecule has 30 heavy (non-hydrogen) atoms. The molecular formula is C22H25N3O3S2. The molecule has 8 heteroatoms. The van der Waals surface area contributed by atoms with Crippen LogP contribution in [0.1, 0.15) is 46.8 Å². The lowest BCUT2D eigenvalue weighted by atomic mass is 10.1. The quantitative estimate of drug-likeness (QED) is 0.394. The summed E-state index contributed by atoms with van der Waals surface area (Å²) in [6.45, 7) is 9.85. The van der Waals surface area contributed by atoms with E-state index in [1.165, 1.54) is 11.8 Å². The number of nitrogens with zero attached hydrogens (tertiary/aromatic N) is 2. The van der Waals surface area contributed by atoms with Crippen LogP contribution >= 0.6 is 23.1 Å². The van der Waals surface area contributed by atoms with Gasteiger partial charge in [0, 0.05) is 5.39 Å². The predicted molar refractivity (Wildman–Crippen MR) is 123 cm³/mol. The van der Waals surface area contributed by atoms with Gasteiger partial charge in [-0.1, -0.05) is 48.2 Å². The number of rotatable bonds is 7. The Morgan fingerprint density at radius 2 is 1.93 bits per heavy atom. The highest BCUT2D eigenvalue weighted by Gasteiger charge is 2.23. The maximum Gasteiger partial charge on any atom is 0.350 e. The van der Waals surface area contributed by atoms with Crippen LogP contribution in [0.2, 0.25) is 0 Å². The van der Waals surface area contributed by atoms with Gasteiger partial charge in [0.25, 0.3) is 0 Å². The van der Waals surface area contributed by atoms with E-state index in [0.29, 0.717) is 28.7 Å². The van der Waals surface area contributed by atoms with Crippen molar-refractivity contribution < 1.29 is 14.3 Å². The van der Waals surface area contributed by atoms with Gasteiger partial charge in [0.1, 0.15) is 4.88 Å². The topological polar surface area (TPSA) is 81.2 Å². The molecule has 1 N–H and O–H groups in total. The molecule has 1 unspecified atom stereocenters. The van der Waals surface area contributed by atoms with Crippen molar-refractivity contribution in [2.45, 2.75) is 51.3 Å². The molecule has 0 aliphatic heterocycles. The number of fused-ring (bicyclic) bond motifs is 1. The molecular weight excluding hydrogens is 418 g/mol. The highest BCUT2D eigenvalue weighted by molar-refractivity contribution is 8.00. The Balaban J connectivity index is 1.77. The van der Waals surface area contributed by atoms with Crippen LogP contribution < -0.4 is 5.32 Å². The summed E-state index contributed by atoms with van der Waals surface area (Å²) >= 11 is 2.58. The van der Waals surface area contributed by atoms with Gasteiger partial charge in [-0.2, -0.15) is 0 Å². The molecule has 1 amide bonds. The zero-order valence-corrected chi connectivity index (χ0v) is 19.4. The van der Waals surface area contributed by atoms with Gasteiger partial charge in [-0.15, -0.1) is 0 Å². The first kappa shape index (κ1) is 22.2. The number of aryl methyl sites for hydroxylation is 3. The number of carbonyl (C=O) groups is 2. The third-order valence-electron chi connectivity index (χ3n) is 4.64. The van der Waals surface area contributed by atoms with Crippen LogP contribution in [-0.2, 0) is 9.53 Å². The van der Waals surface area contributed by atoms with E-state index in [2.05, 4.69) is 23.3 Å². The lowest BCUT2D eigenvalue weighted by molar-refractivity contribution is -0.115. The molecule has 0 bridgehead atoms. The Kier molecular flexibility index (Phi) is 7.10. The van der Waals surface area contributed by atoms with Gasteiger partial charge < -0.3 is 10.1 Å². The van der Waals surface area contributed by atoms with Gasteiger partial charge in [-0.3, -0.25) is 4.79 Å². The summed E-state index contributed by atoms with van der Waals surface area (Å²) in [4.78, 5) is 34.4. The van der Waals surface area contributed by atoms with E-state index >= 15 is 0 Å². The molecule has 0 radical (unpaired) electrons. The number of thiazole rings is 1. The molecule has 1 atom stereocenters. The Hall–Kier alpha value is -2.45. The van der Waals surface area contributed by atoms with E-state index in [1.54, 1.807) is 13.8 Å². The van der Waals surface area contributed by atoms with Crippen molar-refractivity contribution in [3.63, 3.8) is 0 Å². The second-order valence-electron chi connectivity index (χ2n) is 6.91. The van der Waals surface area contributed by atoms with Crippen LogP contribution in [0.5, 0.6) is 0 Å². The second-order valence-corrected chi connectivity index (χ2v) is 9.13. The second kappa shape index (κ2) is 9.57. The monoisotopic (exact) mass is 443 g/mol. The number of benzene rings is 1. The van der Waals surface area contributed by atoms with Crippen LogP contribution in [0.4, 0.5) is 5.13 Å². The number of hydrogen-bond donors (Lipinski definition) is 1. The Morgan fingerprint density at radius 3 is 2.63 bits per heavy atom. The van der Waals surface area contributed by atoms with Crippen LogP contribution in [0.3, 0.4) is 0 Å². The lowest BCUT2D eigenvalue weighted by Gasteiger charge is -2.14. The SMILES string of the molecule is CCOC(=O)c1sc(NC(=O)C(CC)Sc2cc(C)c3cccc(C)c3n2)nc1C. The molecule has 3 aromatic rings. The summed E-state index contributed by atoms with van der Waals surface area (Å²) in [6.07, 6.45) is 0.637. The molecule has 158 valence electrons. The summed E-state index contributed by atoms with van der Waals surface area (Å²) in [5.74, 6) is -0.573. The highest BCUT2D eigenvalue weighted by Crippen LogP contribution is 2.31. The number of pyridine rings is 1. The van der Waals surface area contributed by atoms with E-state index in [9.17, 15) is 9.59 Å². The van der Waals surface area contributed by atoms with Crippen LogP contribution in [0.25, 0.3) is 10.9 Å². The standard InChI is InChI=1S/C22H25N3O3S2/c1-6-16(20(26)25-22-23-14(5)19(30-22)21(27)28-7-2)29-17-11-13(4)15-10-8-9-12(3)18(15)24-17/h8-11,16H,6-7H2,1-5H3,(H,23,25,26).